The molecule has 1 atom stereocenters. The second kappa shape index (κ2) is 8.06. The fraction of sp³-hybridized carbons (Fsp3) is 0.385. The molecule has 2 aliphatic heterocycles. The maximum Gasteiger partial charge on any atom is 0.407 e. The molecule has 0 saturated carbocycles. The molecule has 0 saturated heterocycles. The summed E-state index contributed by atoms with van der Waals surface area (Å²) in [5, 5.41) is 24.6. The Labute approximate surface area is 206 Å². The Balaban J connectivity index is 1.68. The number of esters is 1. The molecule has 0 bridgehead atoms. The molecule has 5 rings (SSSR count). The van der Waals surface area contributed by atoms with Crippen molar-refractivity contribution < 1.29 is 29.3 Å². The Kier molecular flexibility index (Phi) is 5.33. The van der Waals surface area contributed by atoms with Gasteiger partial charge in [0.2, 0.25) is 0 Å². The van der Waals surface area contributed by atoms with Gasteiger partial charge in [0, 0.05) is 23.1 Å². The van der Waals surface area contributed by atoms with Crippen LogP contribution in [-0.2, 0) is 39.6 Å². The Morgan fingerprint density at radius 2 is 2.00 bits per heavy atom. The van der Waals surface area contributed by atoms with Crippen LogP contribution in [0.15, 0.2) is 29.1 Å². The number of rotatable bonds is 3. The van der Waals surface area contributed by atoms with E-state index in [2.05, 4.69) is 5.32 Å². The van der Waals surface area contributed by atoms with Gasteiger partial charge in [-0.3, -0.25) is 4.79 Å². The number of carbonyl (C=O) groups excluding carboxylic acids is 2. The van der Waals surface area contributed by atoms with E-state index in [4.69, 9.17) is 14.5 Å². The molecule has 3 aromatic rings. The zero-order valence-corrected chi connectivity index (χ0v) is 20.5. The zero-order chi connectivity index (χ0) is 26.0. The van der Waals surface area contributed by atoms with Crippen LogP contribution >= 0.6 is 0 Å². The van der Waals surface area contributed by atoms with Gasteiger partial charge in [0.05, 0.1) is 29.0 Å². The first-order valence-corrected chi connectivity index (χ1v) is 11.7. The van der Waals surface area contributed by atoms with Gasteiger partial charge in [-0.2, -0.15) is 0 Å². The number of fused-ring (bicyclic) bond motifs is 5. The number of aliphatic hydroxyl groups is 1. The summed E-state index contributed by atoms with van der Waals surface area (Å²) in [5.74, 6) is -0.751. The fourth-order valence-corrected chi connectivity index (χ4v) is 4.83. The Hall–Kier alpha value is -3.92. The van der Waals surface area contributed by atoms with Crippen LogP contribution in [0.1, 0.15) is 56.4 Å². The summed E-state index contributed by atoms with van der Waals surface area (Å²) >= 11 is 0. The summed E-state index contributed by atoms with van der Waals surface area (Å²) in [7, 11) is 0. The molecule has 0 spiro atoms. The first kappa shape index (κ1) is 23.8. The Bertz CT molecular complexity index is 1500. The van der Waals surface area contributed by atoms with Crippen LogP contribution in [0, 0.1) is 0 Å². The highest BCUT2D eigenvalue weighted by Gasteiger charge is 2.45. The number of hydrogen-bond acceptors (Lipinski definition) is 8. The summed E-state index contributed by atoms with van der Waals surface area (Å²) in [6.07, 6.45) is -0.558. The lowest BCUT2D eigenvalue weighted by Gasteiger charge is -2.31. The molecule has 36 heavy (non-hydrogen) atoms. The lowest BCUT2D eigenvalue weighted by Crippen LogP contribution is -2.44. The van der Waals surface area contributed by atoms with Crippen molar-refractivity contribution in [2.45, 2.75) is 65.0 Å². The molecule has 1 amide bonds. The van der Waals surface area contributed by atoms with Crippen LogP contribution in [0.5, 0.6) is 5.75 Å². The Morgan fingerprint density at radius 1 is 1.25 bits per heavy atom. The number of aromatic nitrogens is 2. The van der Waals surface area contributed by atoms with Gasteiger partial charge in [0.25, 0.3) is 5.56 Å². The summed E-state index contributed by atoms with van der Waals surface area (Å²) in [6.45, 7) is 6.96. The highest BCUT2D eigenvalue weighted by Crippen LogP contribution is 2.40. The third-order valence-electron chi connectivity index (χ3n) is 6.60. The quantitative estimate of drug-likeness (QED) is 0.370. The van der Waals surface area contributed by atoms with E-state index in [9.17, 15) is 24.6 Å². The molecule has 1 aromatic carbocycles. The van der Waals surface area contributed by atoms with Crippen LogP contribution in [-0.4, -0.2) is 37.4 Å². The van der Waals surface area contributed by atoms with Gasteiger partial charge in [0.15, 0.2) is 5.60 Å². The number of phenols is 1. The van der Waals surface area contributed by atoms with Crippen LogP contribution in [0.4, 0.5) is 4.79 Å². The number of pyridine rings is 2. The van der Waals surface area contributed by atoms with Crippen molar-refractivity contribution in [1.29, 1.82) is 0 Å². The number of alkyl carbamates (subject to hydrolysis) is 1. The van der Waals surface area contributed by atoms with E-state index in [-0.39, 0.29) is 48.6 Å². The van der Waals surface area contributed by atoms with Crippen molar-refractivity contribution in [2.75, 3.05) is 0 Å². The summed E-state index contributed by atoms with van der Waals surface area (Å²) in [4.78, 5) is 43.0. The number of phenolic OH excluding ortho intramolecular Hbond substituents is 1. The number of nitrogens with zero attached hydrogens (tertiary/aromatic N) is 2. The standard InChI is InChI=1S/C26H27N3O7/c1-5-26(34)18-9-20-21-16(11-29(20)22(31)17(18)12-35-23(26)32)15(10-27-24(33)36-25(2,3)4)14-8-13(30)6-7-19(14)28-21/h6-9,30,34H,5,10-12H2,1-4H3,(H,27,33)/t26-/m0/s1. The number of amides is 1. The second-order valence-electron chi connectivity index (χ2n) is 10.1. The predicted octanol–water partition coefficient (Wildman–Crippen LogP) is 2.81. The van der Waals surface area contributed by atoms with E-state index in [1.54, 1.807) is 45.9 Å². The van der Waals surface area contributed by atoms with Gasteiger partial charge in [-0.05, 0) is 57.0 Å². The highest BCUT2D eigenvalue weighted by molar-refractivity contribution is 5.90. The largest absolute Gasteiger partial charge is 0.508 e. The third-order valence-corrected chi connectivity index (χ3v) is 6.60. The molecule has 188 valence electrons. The van der Waals surface area contributed by atoms with E-state index in [1.807, 2.05) is 0 Å². The van der Waals surface area contributed by atoms with Crippen LogP contribution < -0.4 is 10.9 Å². The Morgan fingerprint density at radius 3 is 2.69 bits per heavy atom. The van der Waals surface area contributed by atoms with E-state index in [1.165, 1.54) is 10.6 Å². The minimum atomic E-state index is -1.92. The molecule has 0 unspecified atom stereocenters. The molecular weight excluding hydrogens is 466 g/mol. The van der Waals surface area contributed by atoms with Gasteiger partial charge in [-0.25, -0.2) is 14.6 Å². The fourth-order valence-electron chi connectivity index (χ4n) is 4.83. The lowest BCUT2D eigenvalue weighted by atomic mass is 9.86. The monoisotopic (exact) mass is 493 g/mol. The summed E-state index contributed by atoms with van der Waals surface area (Å²) in [6, 6.07) is 6.36. The lowest BCUT2D eigenvalue weighted by molar-refractivity contribution is -0.172. The molecule has 10 heteroatoms. The van der Waals surface area contributed by atoms with Gasteiger partial charge in [0.1, 0.15) is 18.0 Å². The first-order valence-electron chi connectivity index (χ1n) is 11.7. The topological polar surface area (TPSA) is 140 Å². The number of aromatic hydroxyl groups is 1. The average Bonchev–Trinajstić information content (AvgIpc) is 3.17. The number of hydrogen-bond donors (Lipinski definition) is 3. The van der Waals surface area contributed by atoms with Crippen molar-refractivity contribution in [3.8, 4) is 17.1 Å². The van der Waals surface area contributed by atoms with E-state index in [0.29, 0.717) is 33.4 Å². The van der Waals surface area contributed by atoms with E-state index in [0.717, 1.165) is 0 Å². The molecule has 0 aliphatic carbocycles. The van der Waals surface area contributed by atoms with Crippen molar-refractivity contribution in [1.82, 2.24) is 14.9 Å². The number of carbonyl (C=O) groups is 2. The molecule has 10 nitrogen and oxygen atoms in total. The number of cyclic esters (lactones) is 1. The maximum atomic E-state index is 13.5. The van der Waals surface area contributed by atoms with Crippen LogP contribution in [0.2, 0.25) is 0 Å². The molecule has 0 fully saturated rings. The second-order valence-corrected chi connectivity index (χ2v) is 10.1. The first-order chi connectivity index (χ1) is 16.9. The summed E-state index contributed by atoms with van der Waals surface area (Å²) in [5.41, 5.74) is 0.367. The van der Waals surface area contributed by atoms with E-state index >= 15 is 0 Å². The van der Waals surface area contributed by atoms with Crippen molar-refractivity contribution in [3.05, 3.63) is 56.9 Å². The number of nitrogens with one attached hydrogen (secondary N) is 1. The van der Waals surface area contributed by atoms with Crippen molar-refractivity contribution in [3.63, 3.8) is 0 Å². The minimum Gasteiger partial charge on any atom is -0.508 e. The zero-order valence-electron chi connectivity index (χ0n) is 20.5. The number of ether oxygens (including phenoxy) is 2. The van der Waals surface area contributed by atoms with Gasteiger partial charge in [-0.1, -0.05) is 6.92 Å². The number of benzene rings is 1. The SMILES string of the molecule is CC[C@@]1(O)C(=O)OCc2c1cc1n(c2=O)Cc2c-1nc1ccc(O)cc1c2CNC(=O)OC(C)(C)C. The highest BCUT2D eigenvalue weighted by atomic mass is 16.6. The van der Waals surface area contributed by atoms with Crippen molar-refractivity contribution in [2.24, 2.45) is 0 Å². The molecular formula is C26H27N3O7. The maximum absolute atomic E-state index is 13.5. The normalized spacial score (nSPS) is 18.3. The molecule has 2 aliphatic rings. The average molecular weight is 494 g/mol. The smallest absolute Gasteiger partial charge is 0.407 e. The van der Waals surface area contributed by atoms with Gasteiger partial charge < -0.3 is 29.6 Å². The molecule has 0 radical (unpaired) electrons. The van der Waals surface area contributed by atoms with Gasteiger partial charge >= 0.3 is 12.1 Å². The minimum absolute atomic E-state index is 0.0366. The van der Waals surface area contributed by atoms with E-state index < -0.39 is 23.3 Å². The van der Waals surface area contributed by atoms with Crippen LogP contribution in [0.25, 0.3) is 22.3 Å². The third kappa shape index (κ3) is 3.69. The molecule has 4 heterocycles. The van der Waals surface area contributed by atoms with Crippen LogP contribution in [0.3, 0.4) is 0 Å². The molecule has 3 N–H and O–H groups in total. The molecule has 2 aromatic heterocycles. The van der Waals surface area contributed by atoms with Crippen molar-refractivity contribution >= 4 is 23.0 Å². The van der Waals surface area contributed by atoms with Gasteiger partial charge in [-0.15, -0.1) is 0 Å². The summed E-state index contributed by atoms with van der Waals surface area (Å²) < 4.78 is 12.0. The predicted molar refractivity (Wildman–Crippen MR) is 129 cm³/mol.